The highest BCUT2D eigenvalue weighted by Crippen LogP contribution is 1.82. The summed E-state index contributed by atoms with van der Waals surface area (Å²) < 4.78 is 18.9. The molecule has 5 nitrogen and oxygen atoms in total. The molecular formula is C3H9N3O2S2. The van der Waals surface area contributed by atoms with Crippen molar-refractivity contribution < 1.29 is 8.76 Å². The van der Waals surface area contributed by atoms with Gasteiger partial charge in [0.25, 0.3) is 0 Å². The summed E-state index contributed by atoms with van der Waals surface area (Å²) in [6.45, 7) is 0.0984. The molecule has 1 unspecified atom stereocenters. The maximum Gasteiger partial charge on any atom is 0.185 e. The number of hydrogen-bond donors (Lipinski definition) is 3. The molecule has 0 rings (SSSR count). The zero-order valence-electron chi connectivity index (χ0n) is 5.19. The smallest absolute Gasteiger partial charge is 0.185 e. The molecule has 0 aliphatic carbocycles. The van der Waals surface area contributed by atoms with Crippen molar-refractivity contribution in [2.75, 3.05) is 12.3 Å². The van der Waals surface area contributed by atoms with Gasteiger partial charge in [-0.15, -0.1) is 0 Å². The van der Waals surface area contributed by atoms with Gasteiger partial charge in [-0.1, -0.05) is 0 Å². The van der Waals surface area contributed by atoms with E-state index in [0.29, 0.717) is 0 Å². The van der Waals surface area contributed by atoms with Gasteiger partial charge in [-0.25, -0.2) is 4.21 Å². The maximum atomic E-state index is 10.4. The second kappa shape index (κ2) is 3.69. The topological polar surface area (TPSA) is 102 Å². The van der Waals surface area contributed by atoms with Gasteiger partial charge in [-0.3, -0.25) is 4.99 Å². The number of guanidine groups is 1. The third-order valence-corrected chi connectivity index (χ3v) is 1.84. The summed E-state index contributed by atoms with van der Waals surface area (Å²) in [6, 6.07) is 0. The first-order valence-corrected chi connectivity index (χ1v) is 5.03. The van der Waals surface area contributed by atoms with E-state index in [9.17, 15) is 4.21 Å². The Labute approximate surface area is 64.0 Å². The lowest BCUT2D eigenvalue weighted by atomic mass is 10.8. The van der Waals surface area contributed by atoms with E-state index in [0.717, 1.165) is 0 Å². The van der Waals surface area contributed by atoms with Crippen LogP contribution in [0.3, 0.4) is 0 Å². The molecule has 0 aromatic carbocycles. The summed E-state index contributed by atoms with van der Waals surface area (Å²) in [5.74, 6) is -0.182. The van der Waals surface area contributed by atoms with Crippen LogP contribution >= 0.6 is 0 Å². The summed E-state index contributed by atoms with van der Waals surface area (Å²) >= 11 is 4.17. The summed E-state index contributed by atoms with van der Waals surface area (Å²) in [7, 11) is -3.10. The molecule has 0 radical (unpaired) electrons. The van der Waals surface area contributed by atoms with Crippen LogP contribution in [0.5, 0.6) is 0 Å². The minimum Gasteiger partial charge on any atom is -0.370 e. The van der Waals surface area contributed by atoms with Crippen LogP contribution in [0, 0.1) is 0 Å². The molecule has 1 atom stereocenters. The molecule has 0 saturated heterocycles. The molecule has 0 amide bonds. The molecule has 7 heteroatoms. The van der Waals surface area contributed by atoms with Gasteiger partial charge in [0, 0.05) is 11.2 Å². The van der Waals surface area contributed by atoms with Gasteiger partial charge in [0.1, 0.15) is 8.77 Å². The number of hydrogen-bond acceptors (Lipinski definition) is 3. The van der Waals surface area contributed by atoms with Crippen molar-refractivity contribution in [2.45, 2.75) is 0 Å². The Balaban J connectivity index is 3.69. The van der Waals surface area contributed by atoms with Crippen LogP contribution in [0.1, 0.15) is 0 Å². The Morgan fingerprint density at radius 1 is 1.70 bits per heavy atom. The molecule has 0 aromatic rings. The quantitative estimate of drug-likeness (QED) is 0.364. The van der Waals surface area contributed by atoms with Crippen molar-refractivity contribution in [3.8, 4) is 0 Å². The molecule has 0 spiro atoms. The lowest BCUT2D eigenvalue weighted by Gasteiger charge is -1.94. The first-order valence-electron chi connectivity index (χ1n) is 2.42. The highest BCUT2D eigenvalue weighted by Gasteiger charge is 1.96. The van der Waals surface area contributed by atoms with Gasteiger partial charge in [-0.2, -0.15) is 0 Å². The Kier molecular flexibility index (Phi) is 3.54. The van der Waals surface area contributed by atoms with E-state index < -0.39 is 8.77 Å². The van der Waals surface area contributed by atoms with Crippen LogP contribution in [-0.2, 0) is 20.0 Å². The second-order valence-corrected chi connectivity index (χ2v) is 4.73. The van der Waals surface area contributed by atoms with Gasteiger partial charge in [-0.05, 0) is 0 Å². The normalized spacial score (nSPS) is 15.7. The average molecular weight is 183 g/mol. The van der Waals surface area contributed by atoms with Crippen molar-refractivity contribution in [1.82, 2.24) is 0 Å². The van der Waals surface area contributed by atoms with Gasteiger partial charge < -0.3 is 16.0 Å². The van der Waals surface area contributed by atoms with Crippen LogP contribution in [0.25, 0.3) is 0 Å². The van der Waals surface area contributed by atoms with E-state index in [1.165, 1.54) is 0 Å². The molecule has 10 heavy (non-hydrogen) atoms. The number of aliphatic imine (C=N–C) groups is 1. The van der Waals surface area contributed by atoms with Crippen molar-refractivity contribution in [1.29, 1.82) is 0 Å². The molecule has 0 bridgehead atoms. The SMILES string of the molecule is NC(N)=NCCS(=O)(O)=S. The predicted molar refractivity (Wildman–Crippen MR) is 43.7 cm³/mol. The van der Waals surface area contributed by atoms with Gasteiger partial charge in [0.2, 0.25) is 0 Å². The molecule has 0 saturated carbocycles. The van der Waals surface area contributed by atoms with Gasteiger partial charge >= 0.3 is 0 Å². The Hall–Kier alpha value is -0.400. The molecule has 0 aromatic heterocycles. The number of nitrogens with two attached hydrogens (primary N) is 2. The lowest BCUT2D eigenvalue weighted by Crippen LogP contribution is -2.23. The van der Waals surface area contributed by atoms with Crippen LogP contribution in [0.15, 0.2) is 4.99 Å². The Bertz CT molecular complexity index is 216. The molecule has 60 valence electrons. The van der Waals surface area contributed by atoms with E-state index in [1.807, 2.05) is 0 Å². The standard InChI is InChI=1S/C3H9N3O2S2/c4-3(5)6-1-2-10(7,8)9/h1-2H2,(H4,4,5,6)(H,7,8,9). The molecule has 0 aliphatic rings. The third kappa shape index (κ3) is 7.60. The summed E-state index contributed by atoms with van der Waals surface area (Å²) in [4.78, 5) is 3.48. The van der Waals surface area contributed by atoms with Crippen LogP contribution in [-0.4, -0.2) is 27.0 Å². The summed E-state index contributed by atoms with van der Waals surface area (Å²) in [5.41, 5.74) is 9.88. The van der Waals surface area contributed by atoms with E-state index >= 15 is 0 Å². The summed E-state index contributed by atoms with van der Waals surface area (Å²) in [6.07, 6.45) is 0. The molecule has 0 aliphatic heterocycles. The zero-order valence-corrected chi connectivity index (χ0v) is 6.82. The van der Waals surface area contributed by atoms with Gasteiger partial charge in [0.15, 0.2) is 5.96 Å². The maximum absolute atomic E-state index is 10.4. The molecular weight excluding hydrogens is 174 g/mol. The highest BCUT2D eigenvalue weighted by molar-refractivity contribution is 8.29. The summed E-state index contributed by atoms with van der Waals surface area (Å²) in [5, 5.41) is 0. The average Bonchev–Trinajstić information content (AvgIpc) is 1.59. The number of nitrogens with zero attached hydrogens (tertiary/aromatic N) is 1. The third-order valence-electron chi connectivity index (χ3n) is 0.644. The molecule has 0 heterocycles. The van der Waals surface area contributed by atoms with Crippen LogP contribution in [0.4, 0.5) is 0 Å². The minimum absolute atomic E-state index is 0.0831. The molecule has 5 N–H and O–H groups in total. The molecule has 0 fully saturated rings. The van der Waals surface area contributed by atoms with Crippen molar-refractivity contribution in [3.63, 3.8) is 0 Å². The van der Waals surface area contributed by atoms with Crippen LogP contribution < -0.4 is 11.5 Å². The van der Waals surface area contributed by atoms with E-state index in [4.69, 9.17) is 16.0 Å². The monoisotopic (exact) mass is 183 g/mol. The fourth-order valence-corrected chi connectivity index (χ4v) is 0.836. The Morgan fingerprint density at radius 2 is 2.20 bits per heavy atom. The van der Waals surface area contributed by atoms with Crippen LogP contribution in [0.2, 0.25) is 0 Å². The van der Waals surface area contributed by atoms with Crippen molar-refractivity contribution in [2.24, 2.45) is 16.5 Å². The Morgan fingerprint density at radius 3 is 2.50 bits per heavy atom. The first-order chi connectivity index (χ1) is 4.42. The number of rotatable bonds is 3. The first kappa shape index (κ1) is 9.60. The largest absolute Gasteiger partial charge is 0.370 e. The van der Waals surface area contributed by atoms with E-state index in [1.54, 1.807) is 0 Å². The van der Waals surface area contributed by atoms with E-state index in [-0.39, 0.29) is 18.3 Å². The van der Waals surface area contributed by atoms with E-state index in [2.05, 4.69) is 16.2 Å². The lowest BCUT2D eigenvalue weighted by molar-refractivity contribution is 0.561. The second-order valence-electron chi connectivity index (χ2n) is 1.59. The van der Waals surface area contributed by atoms with Crippen molar-refractivity contribution in [3.05, 3.63) is 0 Å². The zero-order chi connectivity index (χ0) is 8.20. The highest BCUT2D eigenvalue weighted by atomic mass is 32.8. The van der Waals surface area contributed by atoms with Crippen molar-refractivity contribution >= 4 is 25.9 Å². The fourth-order valence-electron chi connectivity index (χ4n) is 0.290. The minimum atomic E-state index is -3.10. The van der Waals surface area contributed by atoms with Gasteiger partial charge in [0.05, 0.1) is 12.3 Å². The fraction of sp³-hybridized carbons (Fsp3) is 0.667. The predicted octanol–water partition coefficient (Wildman–Crippen LogP) is -1.52.